The zero-order valence-electron chi connectivity index (χ0n) is 13.1. The summed E-state index contributed by atoms with van der Waals surface area (Å²) < 4.78 is 5.40. The number of benzene rings is 1. The molecule has 0 saturated heterocycles. The number of hydrogen-bond donors (Lipinski definition) is 2. The molecule has 4 nitrogen and oxygen atoms in total. The second kappa shape index (κ2) is 6.64. The maximum absolute atomic E-state index is 12.2. The van der Waals surface area contributed by atoms with E-state index in [1.54, 1.807) is 18.2 Å². The zero-order valence-corrected chi connectivity index (χ0v) is 13.1. The summed E-state index contributed by atoms with van der Waals surface area (Å²) in [5.74, 6) is 0.898. The van der Waals surface area contributed by atoms with Crippen LogP contribution in [-0.4, -0.2) is 19.1 Å². The first-order valence-corrected chi connectivity index (χ1v) is 7.05. The number of nitrogen functional groups attached to an aromatic ring is 1. The van der Waals surface area contributed by atoms with Crippen LogP contribution in [0.25, 0.3) is 0 Å². The van der Waals surface area contributed by atoms with Gasteiger partial charge in [-0.15, -0.1) is 0 Å². The van der Waals surface area contributed by atoms with E-state index in [-0.39, 0.29) is 11.3 Å². The molecule has 1 unspecified atom stereocenters. The number of ether oxygens (including phenoxy) is 1. The Balaban J connectivity index is 2.72. The number of carbonyl (C=O) groups excluding carboxylic acids is 1. The highest BCUT2D eigenvalue weighted by Crippen LogP contribution is 2.24. The van der Waals surface area contributed by atoms with Crippen LogP contribution in [0.15, 0.2) is 18.2 Å². The summed E-state index contributed by atoms with van der Waals surface area (Å²) in [6, 6.07) is 5.11. The predicted octanol–water partition coefficient (Wildman–Crippen LogP) is 3.08. The topological polar surface area (TPSA) is 64.3 Å². The van der Waals surface area contributed by atoms with Crippen molar-refractivity contribution in [3.8, 4) is 5.75 Å². The van der Waals surface area contributed by atoms with Crippen molar-refractivity contribution in [3.05, 3.63) is 23.8 Å². The largest absolute Gasteiger partial charge is 0.494 e. The SMILES string of the molecule is CCOc1cc(N)cc(C(=O)NCC(C)C(C)(C)C)c1. The number of amides is 1. The van der Waals surface area contributed by atoms with Crippen LogP contribution in [0.5, 0.6) is 5.75 Å². The number of nitrogens with one attached hydrogen (secondary N) is 1. The Morgan fingerprint density at radius 2 is 2.00 bits per heavy atom. The molecule has 0 aliphatic heterocycles. The summed E-state index contributed by atoms with van der Waals surface area (Å²) in [4.78, 5) is 12.2. The average molecular weight is 278 g/mol. The van der Waals surface area contributed by atoms with Crippen LogP contribution >= 0.6 is 0 Å². The molecule has 1 atom stereocenters. The van der Waals surface area contributed by atoms with E-state index in [1.165, 1.54) is 0 Å². The molecule has 0 bridgehead atoms. The summed E-state index contributed by atoms with van der Waals surface area (Å²) in [5, 5.41) is 2.95. The van der Waals surface area contributed by atoms with Crippen LogP contribution in [0.4, 0.5) is 5.69 Å². The molecule has 0 fully saturated rings. The quantitative estimate of drug-likeness (QED) is 0.813. The van der Waals surface area contributed by atoms with Crippen molar-refractivity contribution in [2.45, 2.75) is 34.6 Å². The molecule has 1 amide bonds. The van der Waals surface area contributed by atoms with Crippen LogP contribution < -0.4 is 15.8 Å². The van der Waals surface area contributed by atoms with E-state index in [0.29, 0.717) is 36.1 Å². The lowest BCUT2D eigenvalue weighted by Gasteiger charge is -2.27. The normalized spacial score (nSPS) is 12.8. The molecule has 20 heavy (non-hydrogen) atoms. The van der Waals surface area contributed by atoms with Gasteiger partial charge in [0.25, 0.3) is 5.91 Å². The Hall–Kier alpha value is -1.71. The minimum absolute atomic E-state index is 0.116. The highest BCUT2D eigenvalue weighted by Gasteiger charge is 2.20. The highest BCUT2D eigenvalue weighted by atomic mass is 16.5. The number of rotatable bonds is 5. The van der Waals surface area contributed by atoms with Crippen LogP contribution in [0.2, 0.25) is 0 Å². The van der Waals surface area contributed by atoms with Gasteiger partial charge in [0.2, 0.25) is 0 Å². The molecule has 0 spiro atoms. The van der Waals surface area contributed by atoms with Gasteiger partial charge in [-0.25, -0.2) is 0 Å². The first kappa shape index (κ1) is 16.3. The van der Waals surface area contributed by atoms with E-state index in [4.69, 9.17) is 10.5 Å². The lowest BCUT2D eigenvalue weighted by molar-refractivity contribution is 0.0936. The Morgan fingerprint density at radius 1 is 1.35 bits per heavy atom. The Kier molecular flexibility index (Phi) is 5.43. The Labute approximate surface area is 121 Å². The maximum atomic E-state index is 12.2. The van der Waals surface area contributed by atoms with Crippen LogP contribution in [0.3, 0.4) is 0 Å². The number of hydrogen-bond acceptors (Lipinski definition) is 3. The third-order valence-corrected chi connectivity index (χ3v) is 3.55. The van der Waals surface area contributed by atoms with Crippen molar-refractivity contribution in [1.82, 2.24) is 5.32 Å². The van der Waals surface area contributed by atoms with Gasteiger partial charge in [0.05, 0.1) is 6.61 Å². The van der Waals surface area contributed by atoms with Gasteiger partial charge in [-0.3, -0.25) is 4.79 Å². The third-order valence-electron chi connectivity index (χ3n) is 3.55. The van der Waals surface area contributed by atoms with Gasteiger partial charge in [-0.05, 0) is 30.4 Å². The first-order valence-electron chi connectivity index (χ1n) is 7.05. The molecule has 0 aromatic heterocycles. The molecule has 0 aliphatic rings. The summed E-state index contributed by atoms with van der Waals surface area (Å²) in [7, 11) is 0. The smallest absolute Gasteiger partial charge is 0.251 e. The van der Waals surface area contributed by atoms with Gasteiger partial charge >= 0.3 is 0 Å². The van der Waals surface area contributed by atoms with E-state index < -0.39 is 0 Å². The predicted molar refractivity (Wildman–Crippen MR) is 83.0 cm³/mol. The van der Waals surface area contributed by atoms with Crippen molar-refractivity contribution < 1.29 is 9.53 Å². The minimum atomic E-state index is -0.116. The Bertz CT molecular complexity index is 464. The van der Waals surface area contributed by atoms with Crippen LogP contribution in [-0.2, 0) is 0 Å². The van der Waals surface area contributed by atoms with Crippen molar-refractivity contribution in [2.24, 2.45) is 11.3 Å². The van der Waals surface area contributed by atoms with Gasteiger partial charge in [0.15, 0.2) is 0 Å². The van der Waals surface area contributed by atoms with Crippen molar-refractivity contribution in [2.75, 3.05) is 18.9 Å². The van der Waals surface area contributed by atoms with Gasteiger partial charge in [0.1, 0.15) is 5.75 Å². The molecule has 0 radical (unpaired) electrons. The molecule has 0 saturated carbocycles. The fourth-order valence-corrected chi connectivity index (χ4v) is 1.66. The van der Waals surface area contributed by atoms with E-state index in [1.807, 2.05) is 6.92 Å². The number of anilines is 1. The molecule has 1 rings (SSSR count). The van der Waals surface area contributed by atoms with Gasteiger partial charge in [-0.1, -0.05) is 27.7 Å². The van der Waals surface area contributed by atoms with Crippen molar-refractivity contribution in [1.29, 1.82) is 0 Å². The molecule has 0 aliphatic carbocycles. The summed E-state index contributed by atoms with van der Waals surface area (Å²) in [6.07, 6.45) is 0. The molecular weight excluding hydrogens is 252 g/mol. The van der Waals surface area contributed by atoms with Crippen LogP contribution in [0.1, 0.15) is 45.0 Å². The third kappa shape index (κ3) is 4.76. The lowest BCUT2D eigenvalue weighted by Crippen LogP contribution is -2.33. The first-order chi connectivity index (χ1) is 9.24. The maximum Gasteiger partial charge on any atom is 0.251 e. The number of nitrogens with two attached hydrogens (primary N) is 1. The summed E-state index contributed by atoms with van der Waals surface area (Å²) >= 11 is 0. The van der Waals surface area contributed by atoms with E-state index in [0.717, 1.165) is 0 Å². The fraction of sp³-hybridized carbons (Fsp3) is 0.562. The highest BCUT2D eigenvalue weighted by molar-refractivity contribution is 5.95. The van der Waals surface area contributed by atoms with Crippen molar-refractivity contribution >= 4 is 11.6 Å². The van der Waals surface area contributed by atoms with E-state index in [2.05, 4.69) is 33.0 Å². The lowest BCUT2D eigenvalue weighted by atomic mass is 9.82. The number of carbonyl (C=O) groups is 1. The monoisotopic (exact) mass is 278 g/mol. The average Bonchev–Trinajstić information content (AvgIpc) is 2.34. The molecule has 4 heteroatoms. The van der Waals surface area contributed by atoms with Crippen LogP contribution in [0, 0.1) is 11.3 Å². The second-order valence-corrected chi connectivity index (χ2v) is 6.20. The van der Waals surface area contributed by atoms with Crippen molar-refractivity contribution in [3.63, 3.8) is 0 Å². The second-order valence-electron chi connectivity index (χ2n) is 6.20. The summed E-state index contributed by atoms with van der Waals surface area (Å²) in [6.45, 7) is 11.7. The molecule has 1 aromatic carbocycles. The van der Waals surface area contributed by atoms with E-state index in [9.17, 15) is 4.79 Å². The molecule has 0 heterocycles. The Morgan fingerprint density at radius 3 is 2.55 bits per heavy atom. The summed E-state index contributed by atoms with van der Waals surface area (Å²) in [5.41, 5.74) is 7.03. The minimum Gasteiger partial charge on any atom is -0.494 e. The fourth-order valence-electron chi connectivity index (χ4n) is 1.66. The molecule has 3 N–H and O–H groups in total. The molecule has 1 aromatic rings. The van der Waals surface area contributed by atoms with E-state index >= 15 is 0 Å². The van der Waals surface area contributed by atoms with Gasteiger partial charge in [0, 0.05) is 23.9 Å². The molecule has 112 valence electrons. The van der Waals surface area contributed by atoms with Gasteiger partial charge < -0.3 is 15.8 Å². The molecular formula is C16H26N2O2. The van der Waals surface area contributed by atoms with Gasteiger partial charge in [-0.2, -0.15) is 0 Å². The zero-order chi connectivity index (χ0) is 15.3. The standard InChI is InChI=1S/C16H26N2O2/c1-6-20-14-8-12(7-13(17)9-14)15(19)18-10-11(2)16(3,4)5/h7-9,11H,6,10,17H2,1-5H3,(H,18,19).